The molecule has 15 heavy (non-hydrogen) atoms. The summed E-state index contributed by atoms with van der Waals surface area (Å²) in [6.45, 7) is 6.76. The van der Waals surface area contributed by atoms with Crippen LogP contribution in [-0.2, 0) is 9.53 Å². The summed E-state index contributed by atoms with van der Waals surface area (Å²) in [5, 5.41) is 0. The van der Waals surface area contributed by atoms with Crippen LogP contribution in [0.15, 0.2) is 11.1 Å². The number of hydrogen-bond acceptors (Lipinski definition) is 2. The van der Waals surface area contributed by atoms with E-state index < -0.39 is 0 Å². The smallest absolute Gasteiger partial charge is 0.305 e. The van der Waals surface area contributed by atoms with Gasteiger partial charge in [-0.1, -0.05) is 25.0 Å². The third kappa shape index (κ3) is 3.08. The molecule has 0 aliphatic heterocycles. The monoisotopic (exact) mass is 210 g/mol. The number of ether oxygens (including phenoxy) is 1. The molecule has 0 spiro atoms. The summed E-state index contributed by atoms with van der Waals surface area (Å²) < 4.78 is 4.68. The zero-order chi connectivity index (χ0) is 11.5. The van der Waals surface area contributed by atoms with E-state index in [1.54, 1.807) is 0 Å². The number of carbonyl (C=O) groups excluding carboxylic acids is 1. The Morgan fingerprint density at radius 1 is 1.47 bits per heavy atom. The lowest BCUT2D eigenvalue weighted by Gasteiger charge is -2.34. The van der Waals surface area contributed by atoms with Crippen LogP contribution in [0, 0.1) is 5.41 Å². The van der Waals surface area contributed by atoms with Crippen LogP contribution in [0.25, 0.3) is 0 Å². The summed E-state index contributed by atoms with van der Waals surface area (Å²) in [7, 11) is 1.45. The van der Waals surface area contributed by atoms with Crippen molar-refractivity contribution in [1.82, 2.24) is 0 Å². The molecule has 0 heterocycles. The van der Waals surface area contributed by atoms with Gasteiger partial charge in [0, 0.05) is 6.42 Å². The molecular formula is C13H22O2. The average molecular weight is 210 g/mol. The van der Waals surface area contributed by atoms with Gasteiger partial charge in [-0.25, -0.2) is 0 Å². The van der Waals surface area contributed by atoms with Crippen molar-refractivity contribution < 1.29 is 9.53 Å². The first-order valence-corrected chi connectivity index (χ1v) is 5.73. The van der Waals surface area contributed by atoms with E-state index in [-0.39, 0.29) is 11.4 Å². The second kappa shape index (κ2) is 4.82. The zero-order valence-corrected chi connectivity index (χ0v) is 10.4. The highest BCUT2D eigenvalue weighted by Crippen LogP contribution is 2.42. The molecule has 1 rings (SSSR count). The molecule has 0 N–H and O–H groups in total. The first-order valence-electron chi connectivity index (χ1n) is 5.73. The van der Waals surface area contributed by atoms with Gasteiger partial charge >= 0.3 is 5.97 Å². The number of carbonyl (C=O) groups is 1. The quantitative estimate of drug-likeness (QED) is 0.526. The van der Waals surface area contributed by atoms with Crippen molar-refractivity contribution in [3.8, 4) is 0 Å². The fourth-order valence-corrected chi connectivity index (χ4v) is 2.56. The van der Waals surface area contributed by atoms with Crippen LogP contribution in [0.2, 0.25) is 0 Å². The maximum atomic E-state index is 11.1. The van der Waals surface area contributed by atoms with Gasteiger partial charge in [0.25, 0.3) is 0 Å². The lowest BCUT2D eigenvalue weighted by Crippen LogP contribution is -2.21. The fourth-order valence-electron chi connectivity index (χ4n) is 2.56. The van der Waals surface area contributed by atoms with Gasteiger partial charge in [0.1, 0.15) is 0 Å². The normalized spacial score (nSPS) is 20.3. The molecule has 0 unspecified atom stereocenters. The van der Waals surface area contributed by atoms with E-state index in [1.165, 1.54) is 37.5 Å². The van der Waals surface area contributed by atoms with Crippen LogP contribution < -0.4 is 0 Å². The van der Waals surface area contributed by atoms with E-state index in [0.29, 0.717) is 6.42 Å². The van der Waals surface area contributed by atoms with Crippen LogP contribution in [0.4, 0.5) is 0 Å². The van der Waals surface area contributed by atoms with Crippen molar-refractivity contribution in [2.45, 2.75) is 52.9 Å². The van der Waals surface area contributed by atoms with Crippen molar-refractivity contribution in [2.75, 3.05) is 7.11 Å². The summed E-state index contributed by atoms with van der Waals surface area (Å²) in [6.07, 6.45) is 5.10. The lowest BCUT2D eigenvalue weighted by molar-refractivity contribution is -0.140. The Bertz CT molecular complexity index is 274. The summed E-state index contributed by atoms with van der Waals surface area (Å²) in [4.78, 5) is 11.1. The predicted molar refractivity (Wildman–Crippen MR) is 61.6 cm³/mol. The highest BCUT2D eigenvalue weighted by molar-refractivity contribution is 5.69. The van der Waals surface area contributed by atoms with Crippen LogP contribution in [0.3, 0.4) is 0 Å². The molecule has 2 heteroatoms. The SMILES string of the molecule is COC(=O)CCC1=C(C)CCCC1(C)C. The Labute approximate surface area is 92.7 Å². The van der Waals surface area contributed by atoms with Gasteiger partial charge < -0.3 is 4.74 Å². The molecule has 0 aromatic carbocycles. The fraction of sp³-hybridized carbons (Fsp3) is 0.769. The highest BCUT2D eigenvalue weighted by atomic mass is 16.5. The van der Waals surface area contributed by atoms with E-state index in [9.17, 15) is 4.79 Å². The summed E-state index contributed by atoms with van der Waals surface area (Å²) in [5.74, 6) is -0.100. The Morgan fingerprint density at radius 3 is 2.67 bits per heavy atom. The van der Waals surface area contributed by atoms with Crippen molar-refractivity contribution in [1.29, 1.82) is 0 Å². The van der Waals surface area contributed by atoms with E-state index in [4.69, 9.17) is 0 Å². The van der Waals surface area contributed by atoms with E-state index in [0.717, 1.165) is 6.42 Å². The molecule has 1 aliphatic rings. The molecule has 86 valence electrons. The first-order chi connectivity index (χ1) is 6.97. The van der Waals surface area contributed by atoms with Crippen molar-refractivity contribution >= 4 is 5.97 Å². The molecule has 0 fully saturated rings. The van der Waals surface area contributed by atoms with Crippen LogP contribution >= 0.6 is 0 Å². The molecular weight excluding hydrogens is 188 g/mol. The van der Waals surface area contributed by atoms with Crippen molar-refractivity contribution in [3.63, 3.8) is 0 Å². The average Bonchev–Trinajstić information content (AvgIpc) is 2.15. The highest BCUT2D eigenvalue weighted by Gasteiger charge is 2.28. The van der Waals surface area contributed by atoms with E-state index in [2.05, 4.69) is 25.5 Å². The van der Waals surface area contributed by atoms with Gasteiger partial charge in [-0.3, -0.25) is 4.79 Å². The molecule has 0 amide bonds. The van der Waals surface area contributed by atoms with Crippen LogP contribution in [-0.4, -0.2) is 13.1 Å². The van der Waals surface area contributed by atoms with Gasteiger partial charge in [-0.05, 0) is 38.0 Å². The van der Waals surface area contributed by atoms with Crippen LogP contribution in [0.1, 0.15) is 52.9 Å². The van der Waals surface area contributed by atoms with E-state index in [1.807, 2.05) is 0 Å². The summed E-state index contributed by atoms with van der Waals surface area (Å²) >= 11 is 0. The summed E-state index contributed by atoms with van der Waals surface area (Å²) in [6, 6.07) is 0. The van der Waals surface area contributed by atoms with Crippen molar-refractivity contribution in [3.05, 3.63) is 11.1 Å². The minimum atomic E-state index is -0.100. The maximum absolute atomic E-state index is 11.1. The molecule has 0 aromatic heterocycles. The van der Waals surface area contributed by atoms with Crippen molar-refractivity contribution in [2.24, 2.45) is 5.41 Å². The second-order valence-electron chi connectivity index (χ2n) is 5.07. The largest absolute Gasteiger partial charge is 0.469 e. The molecule has 0 atom stereocenters. The standard InChI is InChI=1S/C13H22O2/c1-10-6-5-9-13(2,3)11(10)7-8-12(14)15-4/h5-9H2,1-4H3. The maximum Gasteiger partial charge on any atom is 0.305 e. The number of methoxy groups -OCH3 is 1. The Kier molecular flexibility index (Phi) is 3.95. The number of hydrogen-bond donors (Lipinski definition) is 0. The van der Waals surface area contributed by atoms with Gasteiger partial charge in [0.05, 0.1) is 7.11 Å². The lowest BCUT2D eigenvalue weighted by atomic mass is 9.71. The first kappa shape index (κ1) is 12.3. The van der Waals surface area contributed by atoms with E-state index >= 15 is 0 Å². The third-order valence-electron chi connectivity index (χ3n) is 3.49. The third-order valence-corrected chi connectivity index (χ3v) is 3.49. The minimum absolute atomic E-state index is 0.100. The van der Waals surface area contributed by atoms with Gasteiger partial charge in [-0.2, -0.15) is 0 Å². The van der Waals surface area contributed by atoms with Gasteiger partial charge in [0.2, 0.25) is 0 Å². The van der Waals surface area contributed by atoms with Crippen LogP contribution in [0.5, 0.6) is 0 Å². The zero-order valence-electron chi connectivity index (χ0n) is 10.4. The second-order valence-corrected chi connectivity index (χ2v) is 5.07. The molecule has 0 saturated carbocycles. The number of allylic oxidation sites excluding steroid dienone is 2. The molecule has 1 aliphatic carbocycles. The molecule has 0 aromatic rings. The Morgan fingerprint density at radius 2 is 2.13 bits per heavy atom. The van der Waals surface area contributed by atoms with Gasteiger partial charge in [0.15, 0.2) is 0 Å². The number of esters is 1. The minimum Gasteiger partial charge on any atom is -0.469 e. The van der Waals surface area contributed by atoms with Gasteiger partial charge in [-0.15, -0.1) is 0 Å². The molecule has 2 nitrogen and oxygen atoms in total. The Balaban J connectivity index is 2.68. The summed E-state index contributed by atoms with van der Waals surface area (Å²) in [5.41, 5.74) is 3.23. The predicted octanol–water partition coefficient (Wildman–Crippen LogP) is 3.47. The Hall–Kier alpha value is -0.790. The molecule has 0 bridgehead atoms. The molecule has 0 saturated heterocycles. The topological polar surface area (TPSA) is 26.3 Å². The molecule has 0 radical (unpaired) electrons. The number of rotatable bonds is 3.